The van der Waals surface area contributed by atoms with E-state index >= 15 is 0 Å². The summed E-state index contributed by atoms with van der Waals surface area (Å²) in [5.74, 6) is 0.577. The predicted molar refractivity (Wildman–Crippen MR) is 75.6 cm³/mol. The Morgan fingerprint density at radius 2 is 1.79 bits per heavy atom. The molecule has 0 aliphatic rings. The van der Waals surface area contributed by atoms with Crippen molar-refractivity contribution >= 4 is 16.8 Å². The zero-order valence-electron chi connectivity index (χ0n) is 11.8. The smallest absolute Gasteiger partial charge is 0.319 e. The average molecular weight is 284 g/mol. The highest BCUT2D eigenvalue weighted by Crippen LogP contribution is 2.13. The molecule has 5 heteroatoms. The molecule has 106 valence electrons. The minimum absolute atomic E-state index is 0.0801. The van der Waals surface area contributed by atoms with Gasteiger partial charge in [-0.15, -0.1) is 0 Å². The number of carbonyl (C=O) groups is 1. The second kappa shape index (κ2) is 6.70. The Bertz CT molecular complexity index is 446. The van der Waals surface area contributed by atoms with Gasteiger partial charge in [-0.3, -0.25) is 9.00 Å². The van der Waals surface area contributed by atoms with Gasteiger partial charge in [0, 0.05) is 16.6 Å². The molecule has 0 aliphatic heterocycles. The molecule has 0 amide bonds. The third-order valence-corrected chi connectivity index (χ3v) is 3.40. The summed E-state index contributed by atoms with van der Waals surface area (Å²) in [6.07, 6.45) is 0. The minimum Gasteiger partial charge on any atom is -0.497 e. The predicted octanol–water partition coefficient (Wildman–Crippen LogP) is 2.29. The van der Waals surface area contributed by atoms with E-state index in [4.69, 9.17) is 9.47 Å². The summed E-state index contributed by atoms with van der Waals surface area (Å²) in [6.45, 7) is 5.37. The highest BCUT2D eigenvalue weighted by atomic mass is 32.2. The van der Waals surface area contributed by atoms with Crippen molar-refractivity contribution in [3.05, 3.63) is 29.8 Å². The first-order valence-electron chi connectivity index (χ1n) is 6.00. The molecule has 19 heavy (non-hydrogen) atoms. The van der Waals surface area contributed by atoms with Crippen molar-refractivity contribution in [2.45, 2.75) is 32.1 Å². The minimum atomic E-state index is -1.26. The van der Waals surface area contributed by atoms with Crippen LogP contribution in [0.4, 0.5) is 0 Å². The number of ether oxygens (including phenoxy) is 2. The summed E-state index contributed by atoms with van der Waals surface area (Å²) in [4.78, 5) is 11.5. The monoisotopic (exact) mass is 284 g/mol. The Hall–Kier alpha value is -1.36. The van der Waals surface area contributed by atoms with Crippen LogP contribution in [0.1, 0.15) is 26.3 Å². The molecule has 0 bridgehead atoms. The average Bonchev–Trinajstić information content (AvgIpc) is 2.27. The van der Waals surface area contributed by atoms with Crippen molar-refractivity contribution in [1.29, 1.82) is 0 Å². The van der Waals surface area contributed by atoms with E-state index < -0.39 is 22.4 Å². The van der Waals surface area contributed by atoms with Gasteiger partial charge in [-0.25, -0.2) is 0 Å². The molecule has 1 rings (SSSR count). The number of esters is 1. The molecule has 0 saturated carbocycles. The van der Waals surface area contributed by atoms with Gasteiger partial charge in [0.05, 0.1) is 7.11 Å². The van der Waals surface area contributed by atoms with Crippen LogP contribution in [0.15, 0.2) is 24.3 Å². The molecule has 0 heterocycles. The first-order chi connectivity index (χ1) is 8.80. The fourth-order valence-electron chi connectivity index (χ4n) is 1.46. The molecule has 0 aromatic heterocycles. The van der Waals surface area contributed by atoms with Gasteiger partial charge in [-0.2, -0.15) is 0 Å². The summed E-state index contributed by atoms with van der Waals surface area (Å²) in [7, 11) is 0.333. The maximum absolute atomic E-state index is 11.8. The lowest BCUT2D eigenvalue weighted by molar-refractivity contribution is -0.151. The number of rotatable bonds is 5. The molecule has 0 N–H and O–H groups in total. The van der Waals surface area contributed by atoms with Crippen LogP contribution in [-0.2, 0) is 26.1 Å². The Kier molecular flexibility index (Phi) is 5.54. The highest BCUT2D eigenvalue weighted by Gasteiger charge is 2.18. The van der Waals surface area contributed by atoms with Crippen molar-refractivity contribution in [3.8, 4) is 5.75 Å². The van der Waals surface area contributed by atoms with Gasteiger partial charge >= 0.3 is 5.97 Å². The summed E-state index contributed by atoms with van der Waals surface area (Å²) in [5.41, 5.74) is 0.365. The Labute approximate surface area is 116 Å². The van der Waals surface area contributed by atoms with Gasteiger partial charge in [-0.05, 0) is 38.5 Å². The standard InChI is InChI=1S/C14H20O4S/c1-14(2,3)18-13(15)10-19(16)9-11-5-7-12(17-4)8-6-11/h5-8H,9-10H2,1-4H3/t19-/m1/s1. The van der Waals surface area contributed by atoms with Crippen LogP contribution < -0.4 is 4.74 Å². The lowest BCUT2D eigenvalue weighted by atomic mass is 10.2. The van der Waals surface area contributed by atoms with Crippen LogP contribution in [0.25, 0.3) is 0 Å². The summed E-state index contributed by atoms with van der Waals surface area (Å²) in [5, 5.41) is 0. The van der Waals surface area contributed by atoms with Crippen LogP contribution >= 0.6 is 0 Å². The summed E-state index contributed by atoms with van der Waals surface area (Å²) in [6, 6.07) is 7.29. The lowest BCUT2D eigenvalue weighted by Gasteiger charge is -2.19. The number of carbonyl (C=O) groups excluding carboxylic acids is 1. The topological polar surface area (TPSA) is 52.6 Å². The molecule has 0 unspecified atom stereocenters. The lowest BCUT2D eigenvalue weighted by Crippen LogP contribution is -2.27. The fourth-order valence-corrected chi connectivity index (χ4v) is 2.45. The van der Waals surface area contributed by atoms with E-state index in [9.17, 15) is 9.00 Å². The third kappa shape index (κ3) is 6.38. The molecule has 1 atom stereocenters. The van der Waals surface area contributed by atoms with Crippen LogP contribution in [0, 0.1) is 0 Å². The zero-order chi connectivity index (χ0) is 14.5. The second-order valence-corrected chi connectivity index (χ2v) is 6.62. The number of hydrogen-bond donors (Lipinski definition) is 0. The van der Waals surface area contributed by atoms with Gasteiger partial charge in [0.2, 0.25) is 0 Å². The first-order valence-corrected chi connectivity index (χ1v) is 7.49. The fraction of sp³-hybridized carbons (Fsp3) is 0.500. The van der Waals surface area contributed by atoms with Crippen LogP contribution in [0.5, 0.6) is 5.75 Å². The Morgan fingerprint density at radius 3 is 2.26 bits per heavy atom. The molecular weight excluding hydrogens is 264 g/mol. The maximum Gasteiger partial charge on any atom is 0.319 e. The van der Waals surface area contributed by atoms with Crippen LogP contribution in [0.3, 0.4) is 0 Å². The molecule has 0 saturated heterocycles. The highest BCUT2D eigenvalue weighted by molar-refractivity contribution is 7.84. The molecule has 1 aromatic rings. The number of methoxy groups -OCH3 is 1. The van der Waals surface area contributed by atoms with Gasteiger partial charge in [-0.1, -0.05) is 12.1 Å². The van der Waals surface area contributed by atoms with Crippen molar-refractivity contribution in [3.63, 3.8) is 0 Å². The molecule has 0 radical (unpaired) electrons. The van der Waals surface area contributed by atoms with E-state index in [0.717, 1.165) is 11.3 Å². The van der Waals surface area contributed by atoms with Gasteiger partial charge in [0.25, 0.3) is 0 Å². The van der Waals surface area contributed by atoms with Crippen molar-refractivity contribution in [2.24, 2.45) is 0 Å². The largest absolute Gasteiger partial charge is 0.497 e. The van der Waals surface area contributed by atoms with E-state index in [1.54, 1.807) is 40.0 Å². The first kappa shape index (κ1) is 15.7. The Morgan fingerprint density at radius 1 is 1.21 bits per heavy atom. The van der Waals surface area contributed by atoms with E-state index in [1.807, 2.05) is 12.1 Å². The number of benzene rings is 1. The molecule has 0 aliphatic carbocycles. The maximum atomic E-state index is 11.8. The van der Waals surface area contributed by atoms with E-state index in [2.05, 4.69) is 0 Å². The SMILES string of the molecule is COc1ccc(C[S@@](=O)CC(=O)OC(C)(C)C)cc1. The van der Waals surface area contributed by atoms with E-state index in [-0.39, 0.29) is 5.75 Å². The van der Waals surface area contributed by atoms with Crippen molar-refractivity contribution in [2.75, 3.05) is 12.9 Å². The van der Waals surface area contributed by atoms with Gasteiger partial charge in [0.15, 0.2) is 0 Å². The van der Waals surface area contributed by atoms with E-state index in [1.165, 1.54) is 0 Å². The van der Waals surface area contributed by atoms with Crippen molar-refractivity contribution in [1.82, 2.24) is 0 Å². The van der Waals surface area contributed by atoms with Crippen LogP contribution in [0.2, 0.25) is 0 Å². The van der Waals surface area contributed by atoms with Crippen molar-refractivity contribution < 1.29 is 18.5 Å². The van der Waals surface area contributed by atoms with Gasteiger partial charge < -0.3 is 9.47 Å². The van der Waals surface area contributed by atoms with Gasteiger partial charge in [0.1, 0.15) is 17.1 Å². The summed E-state index contributed by atoms with van der Waals surface area (Å²) < 4.78 is 22.0. The summed E-state index contributed by atoms with van der Waals surface area (Å²) >= 11 is 0. The second-order valence-electron chi connectivity index (χ2n) is 5.16. The molecule has 1 aromatic carbocycles. The normalized spacial score (nSPS) is 12.8. The van der Waals surface area contributed by atoms with E-state index in [0.29, 0.717) is 5.75 Å². The quantitative estimate of drug-likeness (QED) is 0.778. The third-order valence-electron chi connectivity index (χ3n) is 2.19. The Balaban J connectivity index is 2.48. The molecule has 0 spiro atoms. The molecule has 0 fully saturated rings. The zero-order valence-corrected chi connectivity index (χ0v) is 12.6. The molecule has 4 nitrogen and oxygen atoms in total. The van der Waals surface area contributed by atoms with Crippen LogP contribution in [-0.4, -0.2) is 28.6 Å². The number of hydrogen-bond acceptors (Lipinski definition) is 4. The molecular formula is C14H20O4S.